The Labute approximate surface area is 156 Å². The van der Waals surface area contributed by atoms with Crippen molar-refractivity contribution in [2.24, 2.45) is 0 Å². The third kappa shape index (κ3) is 4.26. The Bertz CT molecular complexity index is 828. The second-order valence-corrected chi connectivity index (χ2v) is 6.74. The molecule has 0 spiro atoms. The lowest BCUT2D eigenvalue weighted by atomic mass is 10.1. The highest BCUT2D eigenvalue weighted by Gasteiger charge is 2.19. The highest BCUT2D eigenvalue weighted by Crippen LogP contribution is 2.28. The van der Waals surface area contributed by atoms with E-state index in [4.69, 9.17) is 13.9 Å². The first-order valence-corrected chi connectivity index (χ1v) is 9.15. The predicted octanol–water partition coefficient (Wildman–Crippen LogP) is 4.24. The van der Waals surface area contributed by atoms with Gasteiger partial charge in [-0.25, -0.2) is 0 Å². The first kappa shape index (κ1) is 18.1. The SMILES string of the molecule is COc1ccc(C(=O)N(CCc2cccs2)Cc2ccco2)cc1OC. The molecule has 0 aliphatic carbocycles. The van der Waals surface area contributed by atoms with E-state index in [0.717, 1.165) is 12.2 Å². The molecule has 1 amide bonds. The number of ether oxygens (including phenoxy) is 2. The molecule has 0 atom stereocenters. The van der Waals surface area contributed by atoms with Crippen LogP contribution in [0.5, 0.6) is 11.5 Å². The van der Waals surface area contributed by atoms with Crippen molar-refractivity contribution in [1.82, 2.24) is 4.90 Å². The summed E-state index contributed by atoms with van der Waals surface area (Å²) in [4.78, 5) is 16.1. The third-order valence-corrected chi connectivity index (χ3v) is 4.99. The van der Waals surface area contributed by atoms with E-state index < -0.39 is 0 Å². The van der Waals surface area contributed by atoms with E-state index in [9.17, 15) is 4.79 Å². The average molecular weight is 371 g/mol. The molecule has 0 radical (unpaired) electrons. The Morgan fingerprint density at radius 2 is 1.96 bits per heavy atom. The van der Waals surface area contributed by atoms with Crippen LogP contribution in [0.3, 0.4) is 0 Å². The number of hydrogen-bond donors (Lipinski definition) is 0. The van der Waals surface area contributed by atoms with Gasteiger partial charge in [0.2, 0.25) is 0 Å². The van der Waals surface area contributed by atoms with Gasteiger partial charge in [0.05, 0.1) is 27.0 Å². The van der Waals surface area contributed by atoms with E-state index in [1.807, 2.05) is 23.6 Å². The van der Waals surface area contributed by atoms with E-state index >= 15 is 0 Å². The van der Waals surface area contributed by atoms with Crippen LogP contribution in [0.1, 0.15) is 21.0 Å². The summed E-state index contributed by atoms with van der Waals surface area (Å²) in [7, 11) is 3.13. The van der Waals surface area contributed by atoms with Crippen LogP contribution < -0.4 is 9.47 Å². The number of carbonyl (C=O) groups excluding carboxylic acids is 1. The highest BCUT2D eigenvalue weighted by atomic mass is 32.1. The van der Waals surface area contributed by atoms with Gasteiger partial charge in [0, 0.05) is 17.0 Å². The van der Waals surface area contributed by atoms with Gasteiger partial charge in [0.15, 0.2) is 11.5 Å². The summed E-state index contributed by atoms with van der Waals surface area (Å²) in [5.41, 5.74) is 0.556. The summed E-state index contributed by atoms with van der Waals surface area (Å²) >= 11 is 1.69. The lowest BCUT2D eigenvalue weighted by Crippen LogP contribution is -2.32. The zero-order valence-electron chi connectivity index (χ0n) is 14.8. The van der Waals surface area contributed by atoms with Crippen molar-refractivity contribution in [3.63, 3.8) is 0 Å². The fraction of sp³-hybridized carbons (Fsp3) is 0.250. The molecule has 3 rings (SSSR count). The number of thiophene rings is 1. The largest absolute Gasteiger partial charge is 0.493 e. The van der Waals surface area contributed by atoms with E-state index in [-0.39, 0.29) is 5.91 Å². The molecule has 0 saturated heterocycles. The zero-order valence-corrected chi connectivity index (χ0v) is 15.6. The summed E-state index contributed by atoms with van der Waals surface area (Å²) in [6, 6.07) is 13.0. The van der Waals surface area contributed by atoms with Gasteiger partial charge in [0.1, 0.15) is 5.76 Å². The van der Waals surface area contributed by atoms with E-state index in [0.29, 0.717) is 30.2 Å². The summed E-state index contributed by atoms with van der Waals surface area (Å²) in [6.07, 6.45) is 2.42. The van der Waals surface area contributed by atoms with Gasteiger partial charge in [-0.15, -0.1) is 11.3 Å². The Hall–Kier alpha value is -2.73. The van der Waals surface area contributed by atoms with Crippen molar-refractivity contribution < 1.29 is 18.7 Å². The lowest BCUT2D eigenvalue weighted by Gasteiger charge is -2.22. The maximum absolute atomic E-state index is 13.1. The first-order chi connectivity index (χ1) is 12.7. The van der Waals surface area contributed by atoms with Crippen molar-refractivity contribution in [2.75, 3.05) is 20.8 Å². The quantitative estimate of drug-likeness (QED) is 0.594. The molecule has 0 unspecified atom stereocenters. The van der Waals surface area contributed by atoms with E-state index in [2.05, 4.69) is 6.07 Å². The molecule has 26 heavy (non-hydrogen) atoms. The molecule has 3 aromatic rings. The second-order valence-electron chi connectivity index (χ2n) is 5.71. The smallest absolute Gasteiger partial charge is 0.254 e. The van der Waals surface area contributed by atoms with Crippen LogP contribution >= 0.6 is 11.3 Å². The predicted molar refractivity (Wildman–Crippen MR) is 101 cm³/mol. The zero-order chi connectivity index (χ0) is 18.4. The fourth-order valence-corrected chi connectivity index (χ4v) is 3.39. The Kier molecular flexibility index (Phi) is 5.96. The van der Waals surface area contributed by atoms with Crippen LogP contribution in [-0.4, -0.2) is 31.6 Å². The fourth-order valence-electron chi connectivity index (χ4n) is 2.69. The van der Waals surface area contributed by atoms with Crippen molar-refractivity contribution >= 4 is 17.2 Å². The van der Waals surface area contributed by atoms with Gasteiger partial charge < -0.3 is 18.8 Å². The van der Waals surface area contributed by atoms with E-state index in [1.54, 1.807) is 54.9 Å². The molecular weight excluding hydrogens is 350 g/mol. The third-order valence-electron chi connectivity index (χ3n) is 4.05. The number of furan rings is 1. The van der Waals surface area contributed by atoms with Crippen LogP contribution in [0.15, 0.2) is 58.5 Å². The van der Waals surface area contributed by atoms with Crippen molar-refractivity contribution in [3.8, 4) is 11.5 Å². The van der Waals surface area contributed by atoms with Gasteiger partial charge in [-0.3, -0.25) is 4.79 Å². The van der Waals surface area contributed by atoms with Crippen LogP contribution in [-0.2, 0) is 13.0 Å². The van der Waals surface area contributed by atoms with Crippen molar-refractivity contribution in [1.29, 1.82) is 0 Å². The van der Waals surface area contributed by atoms with Gasteiger partial charge in [-0.1, -0.05) is 6.07 Å². The number of hydrogen-bond acceptors (Lipinski definition) is 5. The number of methoxy groups -OCH3 is 2. The molecule has 1 aromatic carbocycles. The summed E-state index contributed by atoms with van der Waals surface area (Å²) in [6.45, 7) is 1.03. The number of rotatable bonds is 8. The van der Waals surface area contributed by atoms with Crippen LogP contribution in [0.2, 0.25) is 0 Å². The molecule has 5 nitrogen and oxygen atoms in total. The molecule has 0 bridgehead atoms. The van der Waals surface area contributed by atoms with Crippen molar-refractivity contribution in [2.45, 2.75) is 13.0 Å². The number of amides is 1. The van der Waals surface area contributed by atoms with Crippen LogP contribution in [0.4, 0.5) is 0 Å². The Morgan fingerprint density at radius 3 is 2.62 bits per heavy atom. The summed E-state index contributed by atoms with van der Waals surface area (Å²) < 4.78 is 16.0. The topological polar surface area (TPSA) is 51.9 Å². The molecule has 0 N–H and O–H groups in total. The minimum atomic E-state index is -0.0705. The molecule has 6 heteroatoms. The molecule has 0 aliphatic rings. The molecule has 0 fully saturated rings. The molecule has 136 valence electrons. The number of nitrogens with zero attached hydrogens (tertiary/aromatic N) is 1. The monoisotopic (exact) mass is 371 g/mol. The normalized spacial score (nSPS) is 10.5. The number of benzene rings is 1. The van der Waals surface area contributed by atoms with Gasteiger partial charge in [-0.2, -0.15) is 0 Å². The maximum Gasteiger partial charge on any atom is 0.254 e. The standard InChI is InChI=1S/C20H21NO4S/c1-23-18-8-7-15(13-19(18)24-2)20(22)21(14-16-5-3-11-25-16)10-9-17-6-4-12-26-17/h3-8,11-13H,9-10,14H2,1-2H3. The minimum absolute atomic E-state index is 0.0705. The van der Waals surface area contributed by atoms with Crippen molar-refractivity contribution in [3.05, 3.63) is 70.3 Å². The lowest BCUT2D eigenvalue weighted by molar-refractivity contribution is 0.0733. The van der Waals surface area contributed by atoms with Gasteiger partial charge >= 0.3 is 0 Å². The molecular formula is C20H21NO4S. The molecule has 0 saturated carbocycles. The van der Waals surface area contributed by atoms with E-state index in [1.165, 1.54) is 4.88 Å². The number of carbonyl (C=O) groups is 1. The summed E-state index contributed by atoms with van der Waals surface area (Å²) in [5, 5.41) is 2.04. The molecule has 2 heterocycles. The molecule has 2 aromatic heterocycles. The maximum atomic E-state index is 13.1. The van der Waals surface area contributed by atoms with Gasteiger partial charge in [-0.05, 0) is 48.2 Å². The Balaban J connectivity index is 1.81. The minimum Gasteiger partial charge on any atom is -0.493 e. The first-order valence-electron chi connectivity index (χ1n) is 8.27. The molecule has 0 aliphatic heterocycles. The van der Waals surface area contributed by atoms with Crippen LogP contribution in [0, 0.1) is 0 Å². The Morgan fingerprint density at radius 1 is 1.12 bits per heavy atom. The summed E-state index contributed by atoms with van der Waals surface area (Å²) in [5.74, 6) is 1.82. The van der Waals surface area contributed by atoms with Crippen LogP contribution in [0.25, 0.3) is 0 Å². The average Bonchev–Trinajstić information content (AvgIpc) is 3.37. The second kappa shape index (κ2) is 8.58. The van der Waals surface area contributed by atoms with Gasteiger partial charge in [0.25, 0.3) is 5.91 Å². The highest BCUT2D eigenvalue weighted by molar-refractivity contribution is 7.09.